The van der Waals surface area contributed by atoms with Crippen LogP contribution in [0.2, 0.25) is 0 Å². The van der Waals surface area contributed by atoms with Crippen molar-refractivity contribution in [2.45, 2.75) is 27.3 Å². The Morgan fingerprint density at radius 3 is 2.31 bits per heavy atom. The predicted octanol–water partition coefficient (Wildman–Crippen LogP) is 1.96. The summed E-state index contributed by atoms with van der Waals surface area (Å²) < 4.78 is 2.38. The normalized spacial score (nSPS) is 13.2. The molecule has 0 aliphatic carbocycles. The lowest BCUT2D eigenvalue weighted by Gasteiger charge is -2.15. The van der Waals surface area contributed by atoms with E-state index in [-0.39, 0.29) is 0 Å². The number of aromatic nitrogens is 1. The summed E-state index contributed by atoms with van der Waals surface area (Å²) in [6.45, 7) is 8.80. The van der Waals surface area contributed by atoms with E-state index in [1.54, 1.807) is 0 Å². The Balaban J connectivity index is 2.62. The van der Waals surface area contributed by atoms with Crippen LogP contribution in [0.5, 0.6) is 0 Å². The SMILES string of the molecule is CNCC(C)Cn1c(C)ccc1C. The molecule has 1 heterocycles. The van der Waals surface area contributed by atoms with E-state index in [2.05, 4.69) is 42.8 Å². The molecule has 1 atom stereocenters. The van der Waals surface area contributed by atoms with Crippen LogP contribution in [0.3, 0.4) is 0 Å². The van der Waals surface area contributed by atoms with Crippen molar-refractivity contribution in [3.05, 3.63) is 23.5 Å². The topological polar surface area (TPSA) is 17.0 Å². The van der Waals surface area contributed by atoms with Crippen molar-refractivity contribution in [1.29, 1.82) is 0 Å². The lowest BCUT2D eigenvalue weighted by atomic mass is 10.2. The first-order valence-electron chi connectivity index (χ1n) is 4.92. The molecule has 1 rings (SSSR count). The van der Waals surface area contributed by atoms with E-state index in [0.717, 1.165) is 13.1 Å². The van der Waals surface area contributed by atoms with Crippen molar-refractivity contribution >= 4 is 0 Å². The smallest absolute Gasteiger partial charge is 0.0262 e. The highest BCUT2D eigenvalue weighted by atomic mass is 15.0. The van der Waals surface area contributed by atoms with Crippen molar-refractivity contribution in [3.63, 3.8) is 0 Å². The standard InChI is InChI=1S/C11H20N2/c1-9(7-12-4)8-13-10(2)5-6-11(13)3/h5-6,9,12H,7-8H2,1-4H3. The van der Waals surface area contributed by atoms with E-state index in [1.165, 1.54) is 11.4 Å². The van der Waals surface area contributed by atoms with Gasteiger partial charge in [-0.3, -0.25) is 0 Å². The first kappa shape index (κ1) is 10.3. The van der Waals surface area contributed by atoms with Crippen LogP contribution < -0.4 is 5.32 Å². The van der Waals surface area contributed by atoms with Crippen molar-refractivity contribution in [2.24, 2.45) is 5.92 Å². The van der Waals surface area contributed by atoms with Crippen LogP contribution in [0.25, 0.3) is 0 Å². The summed E-state index contributed by atoms with van der Waals surface area (Å²) in [5, 5.41) is 3.21. The maximum absolute atomic E-state index is 3.21. The highest BCUT2D eigenvalue weighted by Crippen LogP contribution is 2.10. The van der Waals surface area contributed by atoms with E-state index in [0.29, 0.717) is 5.92 Å². The van der Waals surface area contributed by atoms with E-state index >= 15 is 0 Å². The maximum atomic E-state index is 3.21. The Morgan fingerprint density at radius 2 is 1.85 bits per heavy atom. The van der Waals surface area contributed by atoms with E-state index in [9.17, 15) is 0 Å². The van der Waals surface area contributed by atoms with Gasteiger partial charge in [0.2, 0.25) is 0 Å². The van der Waals surface area contributed by atoms with Crippen molar-refractivity contribution in [2.75, 3.05) is 13.6 Å². The molecule has 1 N–H and O–H groups in total. The van der Waals surface area contributed by atoms with Crippen LogP contribution in [-0.4, -0.2) is 18.2 Å². The fourth-order valence-corrected chi connectivity index (χ4v) is 1.71. The average Bonchev–Trinajstić information content (AvgIpc) is 2.36. The van der Waals surface area contributed by atoms with E-state index < -0.39 is 0 Å². The summed E-state index contributed by atoms with van der Waals surface area (Å²) in [4.78, 5) is 0. The lowest BCUT2D eigenvalue weighted by Crippen LogP contribution is -2.21. The molecule has 1 aromatic heterocycles. The van der Waals surface area contributed by atoms with Gasteiger partial charge in [0.05, 0.1) is 0 Å². The molecule has 1 unspecified atom stereocenters. The summed E-state index contributed by atoms with van der Waals surface area (Å²) in [6.07, 6.45) is 0. The van der Waals surface area contributed by atoms with Crippen LogP contribution in [0.15, 0.2) is 12.1 Å². The molecule has 0 spiro atoms. The lowest BCUT2D eigenvalue weighted by molar-refractivity contribution is 0.453. The molecule has 0 saturated carbocycles. The molecule has 2 heteroatoms. The quantitative estimate of drug-likeness (QED) is 0.749. The third-order valence-corrected chi connectivity index (χ3v) is 2.46. The fourth-order valence-electron chi connectivity index (χ4n) is 1.71. The molecule has 0 aliphatic heterocycles. The summed E-state index contributed by atoms with van der Waals surface area (Å²) >= 11 is 0. The molecule has 0 aliphatic rings. The first-order chi connectivity index (χ1) is 6.15. The molecule has 0 amide bonds. The number of nitrogens with zero attached hydrogens (tertiary/aromatic N) is 1. The number of hydrogen-bond acceptors (Lipinski definition) is 1. The highest BCUT2D eigenvalue weighted by molar-refractivity contribution is 5.13. The Kier molecular flexibility index (Phi) is 3.55. The molecular formula is C11H20N2. The summed E-state index contributed by atoms with van der Waals surface area (Å²) in [7, 11) is 2.01. The number of rotatable bonds is 4. The zero-order chi connectivity index (χ0) is 9.84. The number of hydrogen-bond donors (Lipinski definition) is 1. The molecule has 2 nitrogen and oxygen atoms in total. The molecule has 0 aromatic carbocycles. The minimum absolute atomic E-state index is 0.690. The molecule has 0 saturated heterocycles. The van der Waals surface area contributed by atoms with Gasteiger partial charge < -0.3 is 9.88 Å². The Morgan fingerprint density at radius 1 is 1.31 bits per heavy atom. The van der Waals surface area contributed by atoms with Crippen LogP contribution in [0.1, 0.15) is 18.3 Å². The third-order valence-electron chi connectivity index (χ3n) is 2.46. The molecule has 0 fully saturated rings. The zero-order valence-electron chi connectivity index (χ0n) is 9.09. The largest absolute Gasteiger partial charge is 0.349 e. The number of aryl methyl sites for hydroxylation is 2. The fraction of sp³-hybridized carbons (Fsp3) is 0.636. The van der Waals surface area contributed by atoms with Gasteiger partial charge in [0, 0.05) is 17.9 Å². The molecule has 13 heavy (non-hydrogen) atoms. The van der Waals surface area contributed by atoms with Gasteiger partial charge >= 0.3 is 0 Å². The van der Waals surface area contributed by atoms with Crippen LogP contribution >= 0.6 is 0 Å². The van der Waals surface area contributed by atoms with Gasteiger partial charge in [0.25, 0.3) is 0 Å². The van der Waals surface area contributed by atoms with Gasteiger partial charge in [0.1, 0.15) is 0 Å². The van der Waals surface area contributed by atoms with Crippen molar-refractivity contribution in [1.82, 2.24) is 9.88 Å². The highest BCUT2D eigenvalue weighted by Gasteiger charge is 2.05. The van der Waals surface area contributed by atoms with Gasteiger partial charge in [-0.25, -0.2) is 0 Å². The summed E-state index contributed by atoms with van der Waals surface area (Å²) in [5.41, 5.74) is 2.72. The van der Waals surface area contributed by atoms with Crippen molar-refractivity contribution < 1.29 is 0 Å². The predicted molar refractivity (Wildman–Crippen MR) is 57.0 cm³/mol. The Bertz CT molecular complexity index is 244. The average molecular weight is 180 g/mol. The van der Waals surface area contributed by atoms with Gasteiger partial charge in [-0.15, -0.1) is 0 Å². The Labute approximate surface area is 81.0 Å². The van der Waals surface area contributed by atoms with Crippen molar-refractivity contribution in [3.8, 4) is 0 Å². The molecular weight excluding hydrogens is 160 g/mol. The minimum Gasteiger partial charge on any atom is -0.349 e. The van der Waals surface area contributed by atoms with E-state index in [4.69, 9.17) is 0 Å². The van der Waals surface area contributed by atoms with Gasteiger partial charge in [-0.1, -0.05) is 6.92 Å². The van der Waals surface area contributed by atoms with Gasteiger partial charge in [-0.05, 0) is 45.5 Å². The maximum Gasteiger partial charge on any atom is 0.0262 e. The Hall–Kier alpha value is -0.760. The third kappa shape index (κ3) is 2.59. The second-order valence-electron chi connectivity index (χ2n) is 3.89. The zero-order valence-corrected chi connectivity index (χ0v) is 9.09. The van der Waals surface area contributed by atoms with Crippen LogP contribution in [0.4, 0.5) is 0 Å². The molecule has 74 valence electrons. The van der Waals surface area contributed by atoms with Crippen LogP contribution in [-0.2, 0) is 6.54 Å². The van der Waals surface area contributed by atoms with E-state index in [1.807, 2.05) is 7.05 Å². The summed E-state index contributed by atoms with van der Waals surface area (Å²) in [6, 6.07) is 4.36. The molecule has 0 bridgehead atoms. The van der Waals surface area contributed by atoms with Crippen LogP contribution in [0, 0.1) is 19.8 Å². The second-order valence-corrected chi connectivity index (χ2v) is 3.89. The van der Waals surface area contributed by atoms with Gasteiger partial charge in [0.15, 0.2) is 0 Å². The first-order valence-corrected chi connectivity index (χ1v) is 4.92. The van der Waals surface area contributed by atoms with Gasteiger partial charge in [-0.2, -0.15) is 0 Å². The molecule has 0 radical (unpaired) electrons. The number of nitrogens with one attached hydrogen (secondary N) is 1. The second kappa shape index (κ2) is 4.47. The molecule has 1 aromatic rings. The summed E-state index contributed by atoms with van der Waals surface area (Å²) in [5.74, 6) is 0.690. The monoisotopic (exact) mass is 180 g/mol. The minimum atomic E-state index is 0.690.